The van der Waals surface area contributed by atoms with Crippen molar-refractivity contribution in [1.29, 1.82) is 0 Å². The molecule has 0 bridgehead atoms. The Balaban J connectivity index is 1.19. The summed E-state index contributed by atoms with van der Waals surface area (Å²) in [5, 5.41) is 8.54. The number of hydrogen-bond donors (Lipinski definition) is 2. The van der Waals surface area contributed by atoms with Crippen molar-refractivity contribution in [2.45, 2.75) is 18.6 Å². The van der Waals surface area contributed by atoms with E-state index in [4.69, 9.17) is 42.1 Å². The monoisotopic (exact) mass is 516 g/mol. The van der Waals surface area contributed by atoms with Crippen LogP contribution in [0.5, 0.6) is 11.5 Å². The maximum Gasteiger partial charge on any atom is 0.188 e. The van der Waals surface area contributed by atoms with E-state index in [1.165, 1.54) is 6.33 Å². The number of aromatic nitrogens is 2. The van der Waals surface area contributed by atoms with Crippen molar-refractivity contribution >= 4 is 45.6 Å². The molecule has 2 N–H and O–H groups in total. The minimum atomic E-state index is -0.458. The van der Waals surface area contributed by atoms with Gasteiger partial charge in [-0.05, 0) is 43.0 Å². The lowest BCUT2D eigenvalue weighted by Crippen LogP contribution is -2.41. The molecular formula is C25H26Cl2N4O4. The molecule has 2 saturated heterocycles. The summed E-state index contributed by atoms with van der Waals surface area (Å²) in [6.07, 6.45) is 3.51. The van der Waals surface area contributed by atoms with Gasteiger partial charge >= 0.3 is 0 Å². The van der Waals surface area contributed by atoms with Crippen LogP contribution in [0.25, 0.3) is 10.9 Å². The molecular weight excluding hydrogens is 491 g/mol. The van der Waals surface area contributed by atoms with Crippen LogP contribution < -0.4 is 20.1 Å². The minimum absolute atomic E-state index is 0.0606. The predicted molar refractivity (Wildman–Crippen MR) is 134 cm³/mol. The normalized spacial score (nSPS) is 24.4. The first-order valence-electron chi connectivity index (χ1n) is 11.7. The van der Waals surface area contributed by atoms with Gasteiger partial charge in [-0.3, -0.25) is 0 Å². The molecule has 2 aliphatic heterocycles. The summed E-state index contributed by atoms with van der Waals surface area (Å²) in [7, 11) is 1.63. The van der Waals surface area contributed by atoms with Crippen LogP contribution in [0.3, 0.4) is 0 Å². The van der Waals surface area contributed by atoms with E-state index >= 15 is 0 Å². The van der Waals surface area contributed by atoms with Crippen LogP contribution >= 0.6 is 23.2 Å². The highest BCUT2D eigenvalue weighted by Gasteiger charge is 2.71. The van der Waals surface area contributed by atoms with Crippen molar-refractivity contribution in [3.05, 3.63) is 46.7 Å². The van der Waals surface area contributed by atoms with E-state index in [1.54, 1.807) is 19.2 Å². The Morgan fingerprint density at radius 1 is 1.09 bits per heavy atom. The molecule has 184 valence electrons. The van der Waals surface area contributed by atoms with Gasteiger partial charge < -0.3 is 29.6 Å². The molecule has 2 spiro atoms. The van der Waals surface area contributed by atoms with Crippen molar-refractivity contribution in [2.24, 2.45) is 11.3 Å². The lowest BCUT2D eigenvalue weighted by atomic mass is 9.95. The highest BCUT2D eigenvalue weighted by molar-refractivity contribution is 6.42. The summed E-state index contributed by atoms with van der Waals surface area (Å²) >= 11 is 12.2. The lowest BCUT2D eigenvalue weighted by Gasteiger charge is -2.29. The number of benzene rings is 2. The molecule has 2 unspecified atom stereocenters. The van der Waals surface area contributed by atoms with Crippen LogP contribution in [0.15, 0.2) is 36.7 Å². The van der Waals surface area contributed by atoms with Crippen molar-refractivity contribution < 1.29 is 18.9 Å². The van der Waals surface area contributed by atoms with E-state index < -0.39 is 5.79 Å². The van der Waals surface area contributed by atoms with Crippen LogP contribution in [0.2, 0.25) is 10.0 Å². The van der Waals surface area contributed by atoms with Gasteiger partial charge in [0, 0.05) is 29.1 Å². The number of nitrogens with one attached hydrogen (secondary N) is 2. The highest BCUT2D eigenvalue weighted by atomic mass is 35.5. The van der Waals surface area contributed by atoms with E-state index in [9.17, 15) is 0 Å². The van der Waals surface area contributed by atoms with Gasteiger partial charge in [0.15, 0.2) is 17.3 Å². The van der Waals surface area contributed by atoms with Gasteiger partial charge in [0.25, 0.3) is 0 Å². The molecule has 3 fully saturated rings. The molecule has 1 aliphatic carbocycles. The molecule has 1 saturated carbocycles. The van der Waals surface area contributed by atoms with Gasteiger partial charge in [0.2, 0.25) is 0 Å². The third-order valence-electron chi connectivity index (χ3n) is 7.37. The van der Waals surface area contributed by atoms with E-state index in [1.807, 2.05) is 18.2 Å². The third kappa shape index (κ3) is 3.97. The molecule has 0 amide bonds. The maximum atomic E-state index is 6.23. The van der Waals surface area contributed by atoms with Crippen LogP contribution in [-0.4, -0.2) is 55.8 Å². The van der Waals surface area contributed by atoms with Crippen molar-refractivity contribution in [1.82, 2.24) is 15.3 Å². The Kier molecular flexibility index (Phi) is 5.89. The van der Waals surface area contributed by atoms with E-state index in [-0.39, 0.29) is 5.41 Å². The quantitative estimate of drug-likeness (QED) is 0.462. The Bertz CT molecular complexity index is 1260. The molecule has 3 heterocycles. The number of ether oxygens (including phenoxy) is 4. The summed E-state index contributed by atoms with van der Waals surface area (Å²) in [6, 6.07) is 9.12. The van der Waals surface area contributed by atoms with E-state index in [0.29, 0.717) is 53.1 Å². The fraction of sp³-hybridized carbons (Fsp3) is 0.440. The van der Waals surface area contributed by atoms with Gasteiger partial charge in [0.05, 0.1) is 49.0 Å². The zero-order valence-electron chi connectivity index (χ0n) is 19.3. The zero-order chi connectivity index (χ0) is 24.0. The second kappa shape index (κ2) is 8.94. The Hall–Kier alpha value is -2.36. The van der Waals surface area contributed by atoms with Crippen LogP contribution in [0.1, 0.15) is 12.8 Å². The lowest BCUT2D eigenvalue weighted by molar-refractivity contribution is -0.183. The van der Waals surface area contributed by atoms with Gasteiger partial charge in [-0.2, -0.15) is 0 Å². The minimum Gasteiger partial charge on any atom is -0.493 e. The largest absolute Gasteiger partial charge is 0.493 e. The summed E-state index contributed by atoms with van der Waals surface area (Å²) in [4.78, 5) is 8.83. The molecule has 35 heavy (non-hydrogen) atoms. The molecule has 2 aromatic carbocycles. The second-order valence-corrected chi connectivity index (χ2v) is 10.1. The number of anilines is 2. The topological polar surface area (TPSA) is 86.8 Å². The van der Waals surface area contributed by atoms with E-state index in [2.05, 4.69) is 20.6 Å². The molecule has 0 radical (unpaired) electrons. The average Bonchev–Trinajstić information content (AvgIpc) is 3.19. The van der Waals surface area contributed by atoms with Gasteiger partial charge in [0.1, 0.15) is 12.1 Å². The summed E-state index contributed by atoms with van der Waals surface area (Å²) in [5.41, 5.74) is 1.57. The summed E-state index contributed by atoms with van der Waals surface area (Å²) in [5.74, 6) is 1.95. The van der Waals surface area contributed by atoms with Gasteiger partial charge in [-0.1, -0.05) is 23.2 Å². The average molecular weight is 517 g/mol. The Labute approximate surface area is 213 Å². The molecule has 6 rings (SSSR count). The number of hydrogen-bond acceptors (Lipinski definition) is 8. The fourth-order valence-corrected chi connectivity index (χ4v) is 5.80. The Morgan fingerprint density at radius 3 is 2.74 bits per heavy atom. The van der Waals surface area contributed by atoms with Gasteiger partial charge in [-0.25, -0.2) is 9.97 Å². The van der Waals surface area contributed by atoms with Crippen molar-refractivity contribution in [2.75, 3.05) is 45.3 Å². The van der Waals surface area contributed by atoms with Crippen LogP contribution in [-0.2, 0) is 9.47 Å². The molecule has 1 aromatic heterocycles. The molecule has 8 nitrogen and oxygen atoms in total. The predicted octanol–water partition coefficient (Wildman–Crippen LogP) is 4.81. The molecule has 3 aliphatic rings. The number of halogens is 2. The first-order valence-corrected chi connectivity index (χ1v) is 12.5. The molecule has 3 aromatic rings. The highest BCUT2D eigenvalue weighted by Crippen LogP contribution is 2.65. The van der Waals surface area contributed by atoms with Crippen molar-refractivity contribution in [3.8, 4) is 11.5 Å². The first-order chi connectivity index (χ1) is 17.0. The fourth-order valence-electron chi connectivity index (χ4n) is 5.50. The summed E-state index contributed by atoms with van der Waals surface area (Å²) in [6.45, 7) is 3.59. The SMILES string of the molecule is COc1cc2ncnc(Nc3ccc(Cl)c(Cl)c3)c2cc1OCCC1CC12CNCC21OCCO1. The van der Waals surface area contributed by atoms with E-state index in [0.717, 1.165) is 42.5 Å². The number of rotatable bonds is 7. The standard InChI is InChI=1S/C25H26Cl2N4O4/c1-32-21-10-20-17(23(30-14-29-20)31-16-2-3-18(26)19(27)8-16)9-22(21)33-5-4-15-11-24(15)12-28-13-25(24)34-6-7-35-25/h2-3,8-10,14-15,28H,4-7,11-13H2,1H3,(H,29,30,31). The smallest absolute Gasteiger partial charge is 0.188 e. The molecule has 2 atom stereocenters. The molecule has 10 heteroatoms. The van der Waals surface area contributed by atoms with Crippen LogP contribution in [0, 0.1) is 11.3 Å². The zero-order valence-corrected chi connectivity index (χ0v) is 20.8. The number of fused-ring (bicyclic) bond motifs is 2. The van der Waals surface area contributed by atoms with Gasteiger partial charge in [-0.15, -0.1) is 0 Å². The second-order valence-electron chi connectivity index (χ2n) is 9.24. The Morgan fingerprint density at radius 2 is 1.94 bits per heavy atom. The van der Waals surface area contributed by atoms with Crippen LogP contribution in [0.4, 0.5) is 11.5 Å². The summed E-state index contributed by atoms with van der Waals surface area (Å²) < 4.78 is 23.9. The van der Waals surface area contributed by atoms with Crippen molar-refractivity contribution in [3.63, 3.8) is 0 Å². The number of nitrogens with zero attached hydrogens (tertiary/aromatic N) is 2. The third-order valence-corrected chi connectivity index (χ3v) is 8.11. The number of methoxy groups -OCH3 is 1. The maximum absolute atomic E-state index is 6.23. The first kappa shape index (κ1) is 23.1.